The fraction of sp³-hybridized carbons (Fsp3) is 0.316. The maximum atomic E-state index is 13.6. The molecular weight excluding hydrogens is 303 g/mol. The molecule has 1 aliphatic rings. The Labute approximate surface area is 140 Å². The average Bonchev–Trinajstić information content (AvgIpc) is 3.01. The molecule has 0 saturated carbocycles. The number of nitrogens with zero attached hydrogens (tertiary/aromatic N) is 2. The number of piperidine rings is 1. The summed E-state index contributed by atoms with van der Waals surface area (Å²) < 4.78 is 13.6. The summed E-state index contributed by atoms with van der Waals surface area (Å²) >= 11 is 0. The van der Waals surface area contributed by atoms with Crippen LogP contribution in [0.5, 0.6) is 0 Å². The van der Waals surface area contributed by atoms with E-state index in [4.69, 9.17) is 5.73 Å². The van der Waals surface area contributed by atoms with E-state index in [1.807, 2.05) is 24.4 Å². The minimum atomic E-state index is -0.173. The number of H-pyrrole nitrogens is 1. The van der Waals surface area contributed by atoms with Gasteiger partial charge in [-0.3, -0.25) is 4.90 Å². The third-order valence-corrected chi connectivity index (χ3v) is 5.02. The molecule has 3 heterocycles. The summed E-state index contributed by atoms with van der Waals surface area (Å²) in [6, 6.07) is 8.93. The van der Waals surface area contributed by atoms with Crippen LogP contribution in [0.3, 0.4) is 0 Å². The lowest BCUT2D eigenvalue weighted by atomic mass is 9.89. The number of halogens is 1. The van der Waals surface area contributed by atoms with Gasteiger partial charge in [-0.1, -0.05) is 6.07 Å². The SMILES string of the molecule is Nc1ncccc1CN1CCC(c2c[nH]c3ccc(F)cc23)CC1. The van der Waals surface area contributed by atoms with E-state index in [9.17, 15) is 4.39 Å². The minimum absolute atomic E-state index is 0.173. The Kier molecular flexibility index (Phi) is 3.94. The zero-order valence-electron chi connectivity index (χ0n) is 13.5. The monoisotopic (exact) mass is 324 g/mol. The van der Waals surface area contributed by atoms with Crippen LogP contribution in [-0.4, -0.2) is 28.0 Å². The van der Waals surface area contributed by atoms with Crippen LogP contribution in [0.4, 0.5) is 10.2 Å². The number of fused-ring (bicyclic) bond motifs is 1. The molecule has 0 amide bonds. The summed E-state index contributed by atoms with van der Waals surface area (Å²) in [4.78, 5) is 9.84. The molecule has 0 spiro atoms. The lowest BCUT2D eigenvalue weighted by molar-refractivity contribution is 0.205. The summed E-state index contributed by atoms with van der Waals surface area (Å²) in [7, 11) is 0. The van der Waals surface area contributed by atoms with E-state index in [0.29, 0.717) is 11.7 Å². The molecule has 5 heteroatoms. The maximum absolute atomic E-state index is 13.6. The van der Waals surface area contributed by atoms with Crippen molar-refractivity contribution < 1.29 is 4.39 Å². The highest BCUT2D eigenvalue weighted by molar-refractivity contribution is 5.83. The summed E-state index contributed by atoms with van der Waals surface area (Å²) in [6.45, 7) is 2.87. The van der Waals surface area contributed by atoms with E-state index in [1.165, 1.54) is 11.6 Å². The van der Waals surface area contributed by atoms with Crippen LogP contribution in [0.25, 0.3) is 10.9 Å². The van der Waals surface area contributed by atoms with Crippen LogP contribution in [0.15, 0.2) is 42.7 Å². The van der Waals surface area contributed by atoms with Crippen molar-refractivity contribution in [2.45, 2.75) is 25.3 Å². The second-order valence-electron chi connectivity index (χ2n) is 6.53. The van der Waals surface area contributed by atoms with E-state index in [-0.39, 0.29) is 5.82 Å². The zero-order valence-corrected chi connectivity index (χ0v) is 13.5. The van der Waals surface area contributed by atoms with Crippen molar-refractivity contribution in [3.05, 3.63) is 59.7 Å². The number of likely N-dealkylation sites (tertiary alicyclic amines) is 1. The number of pyridine rings is 1. The lowest BCUT2D eigenvalue weighted by Gasteiger charge is -2.32. The molecule has 124 valence electrons. The molecule has 1 aliphatic heterocycles. The number of hydrogen-bond acceptors (Lipinski definition) is 3. The number of rotatable bonds is 3. The molecule has 3 N–H and O–H groups in total. The van der Waals surface area contributed by atoms with Crippen LogP contribution < -0.4 is 5.73 Å². The number of nitrogens with two attached hydrogens (primary N) is 1. The van der Waals surface area contributed by atoms with Crippen molar-refractivity contribution in [2.24, 2.45) is 0 Å². The number of hydrogen-bond donors (Lipinski definition) is 2. The van der Waals surface area contributed by atoms with Gasteiger partial charge in [0.1, 0.15) is 11.6 Å². The van der Waals surface area contributed by atoms with Gasteiger partial charge in [0.05, 0.1) is 0 Å². The Balaban J connectivity index is 1.46. The standard InChI is InChI=1S/C19H21FN4/c20-15-3-4-18-16(10-15)17(11-23-18)13-5-8-24(9-6-13)12-14-2-1-7-22-19(14)21/h1-4,7,10-11,13,23H,5-6,8-9,12H2,(H2,21,22). The van der Waals surface area contributed by atoms with Gasteiger partial charge in [0, 0.05) is 35.4 Å². The fourth-order valence-electron chi connectivity index (χ4n) is 3.68. The lowest BCUT2D eigenvalue weighted by Crippen LogP contribution is -2.32. The Morgan fingerprint density at radius 2 is 2.08 bits per heavy atom. The van der Waals surface area contributed by atoms with Crippen LogP contribution in [-0.2, 0) is 6.54 Å². The number of nitrogens with one attached hydrogen (secondary N) is 1. The molecule has 1 saturated heterocycles. The largest absolute Gasteiger partial charge is 0.383 e. The zero-order chi connectivity index (χ0) is 16.5. The molecular formula is C19H21FN4. The van der Waals surface area contributed by atoms with E-state index in [2.05, 4.69) is 14.9 Å². The Morgan fingerprint density at radius 1 is 1.25 bits per heavy atom. The van der Waals surface area contributed by atoms with Gasteiger partial charge in [0.15, 0.2) is 0 Å². The number of aromatic amines is 1. The van der Waals surface area contributed by atoms with Crippen LogP contribution >= 0.6 is 0 Å². The molecule has 1 fully saturated rings. The number of nitrogen functional groups attached to an aromatic ring is 1. The molecule has 0 bridgehead atoms. The molecule has 0 aliphatic carbocycles. The normalized spacial score (nSPS) is 16.7. The van der Waals surface area contributed by atoms with E-state index < -0.39 is 0 Å². The Bertz CT molecular complexity index is 849. The van der Waals surface area contributed by atoms with Crippen LogP contribution in [0, 0.1) is 5.82 Å². The third-order valence-electron chi connectivity index (χ3n) is 5.02. The smallest absolute Gasteiger partial charge is 0.127 e. The minimum Gasteiger partial charge on any atom is -0.383 e. The summed E-state index contributed by atoms with van der Waals surface area (Å²) in [5.74, 6) is 0.919. The van der Waals surface area contributed by atoms with Crippen molar-refractivity contribution in [2.75, 3.05) is 18.8 Å². The first-order chi connectivity index (χ1) is 11.7. The van der Waals surface area contributed by atoms with E-state index >= 15 is 0 Å². The van der Waals surface area contributed by atoms with Gasteiger partial charge in [-0.05, 0) is 61.7 Å². The predicted octanol–water partition coefficient (Wildman–Crippen LogP) is 3.66. The van der Waals surface area contributed by atoms with Gasteiger partial charge in [-0.15, -0.1) is 0 Å². The highest BCUT2D eigenvalue weighted by atomic mass is 19.1. The first kappa shape index (κ1) is 15.1. The second-order valence-corrected chi connectivity index (χ2v) is 6.53. The van der Waals surface area contributed by atoms with Crippen molar-refractivity contribution in [3.8, 4) is 0 Å². The first-order valence-electron chi connectivity index (χ1n) is 8.39. The molecule has 4 nitrogen and oxygen atoms in total. The van der Waals surface area contributed by atoms with Gasteiger partial charge in [0.25, 0.3) is 0 Å². The number of aromatic nitrogens is 2. The van der Waals surface area contributed by atoms with Crippen molar-refractivity contribution in [1.29, 1.82) is 0 Å². The predicted molar refractivity (Wildman–Crippen MR) is 94.2 cm³/mol. The molecule has 0 atom stereocenters. The molecule has 24 heavy (non-hydrogen) atoms. The van der Waals surface area contributed by atoms with E-state index in [0.717, 1.165) is 48.9 Å². The number of benzene rings is 1. The molecule has 1 aromatic carbocycles. The topological polar surface area (TPSA) is 57.9 Å². The van der Waals surface area contributed by atoms with E-state index in [1.54, 1.807) is 12.3 Å². The third kappa shape index (κ3) is 2.87. The second kappa shape index (κ2) is 6.24. The summed E-state index contributed by atoms with van der Waals surface area (Å²) in [5, 5.41) is 1.02. The van der Waals surface area contributed by atoms with Gasteiger partial charge in [-0.2, -0.15) is 0 Å². The summed E-state index contributed by atoms with van der Waals surface area (Å²) in [6.07, 6.45) is 5.91. The molecule has 0 unspecified atom stereocenters. The van der Waals surface area contributed by atoms with Gasteiger partial charge in [0.2, 0.25) is 0 Å². The Morgan fingerprint density at radius 3 is 2.88 bits per heavy atom. The highest BCUT2D eigenvalue weighted by Crippen LogP contribution is 2.34. The number of anilines is 1. The van der Waals surface area contributed by atoms with Crippen molar-refractivity contribution in [3.63, 3.8) is 0 Å². The molecule has 4 rings (SSSR count). The quantitative estimate of drug-likeness (QED) is 0.773. The highest BCUT2D eigenvalue weighted by Gasteiger charge is 2.23. The van der Waals surface area contributed by atoms with Crippen molar-refractivity contribution in [1.82, 2.24) is 14.9 Å². The fourth-order valence-corrected chi connectivity index (χ4v) is 3.68. The van der Waals surface area contributed by atoms with Crippen LogP contribution in [0.2, 0.25) is 0 Å². The molecule has 2 aromatic heterocycles. The van der Waals surface area contributed by atoms with Gasteiger partial charge < -0.3 is 10.7 Å². The average molecular weight is 324 g/mol. The van der Waals surface area contributed by atoms with Gasteiger partial charge in [-0.25, -0.2) is 9.37 Å². The van der Waals surface area contributed by atoms with Gasteiger partial charge >= 0.3 is 0 Å². The molecule has 0 radical (unpaired) electrons. The maximum Gasteiger partial charge on any atom is 0.127 e. The molecule has 3 aromatic rings. The first-order valence-corrected chi connectivity index (χ1v) is 8.39. The Hall–Kier alpha value is -2.40. The van der Waals surface area contributed by atoms with Crippen molar-refractivity contribution >= 4 is 16.7 Å². The summed E-state index contributed by atoms with van der Waals surface area (Å²) in [5.41, 5.74) is 9.28. The van der Waals surface area contributed by atoms with Crippen LogP contribution in [0.1, 0.15) is 29.9 Å².